The Hall–Kier alpha value is -0.450. The Morgan fingerprint density at radius 3 is 2.62 bits per heavy atom. The Labute approximate surface area is 108 Å². The Bertz CT molecular complexity index is 354. The lowest BCUT2D eigenvalue weighted by Crippen LogP contribution is -2.06. The molecule has 0 aromatic carbocycles. The quantitative estimate of drug-likeness (QED) is 0.613. The Balaban J connectivity index is 2.40. The second-order valence-electron chi connectivity index (χ2n) is 2.92. The fourth-order valence-electron chi connectivity index (χ4n) is 1.05. The highest BCUT2D eigenvalue weighted by Crippen LogP contribution is 2.19. The molecule has 1 heterocycles. The van der Waals surface area contributed by atoms with Crippen LogP contribution in [0.5, 0.6) is 0 Å². The molecule has 0 radical (unpaired) electrons. The van der Waals surface area contributed by atoms with E-state index < -0.39 is 0 Å². The standard InChI is InChI=1S/C10H11Cl2NO2S/c1-2-15-10(14)6-16-5-7-3-8(11)13-9(12)4-7/h3-4H,2,5-6H2,1H3. The van der Waals surface area contributed by atoms with Gasteiger partial charge in [-0.25, -0.2) is 4.98 Å². The van der Waals surface area contributed by atoms with Gasteiger partial charge in [0.1, 0.15) is 10.3 Å². The van der Waals surface area contributed by atoms with E-state index in [0.29, 0.717) is 28.4 Å². The first-order valence-electron chi connectivity index (χ1n) is 4.67. The number of hydrogen-bond donors (Lipinski definition) is 0. The van der Waals surface area contributed by atoms with E-state index in [1.165, 1.54) is 11.8 Å². The molecule has 0 amide bonds. The molecule has 16 heavy (non-hydrogen) atoms. The molecule has 0 aliphatic rings. The third-order valence-electron chi connectivity index (χ3n) is 1.62. The number of hydrogen-bond acceptors (Lipinski definition) is 4. The van der Waals surface area contributed by atoms with Gasteiger partial charge < -0.3 is 4.74 Å². The van der Waals surface area contributed by atoms with Gasteiger partial charge in [0, 0.05) is 5.75 Å². The van der Waals surface area contributed by atoms with Crippen molar-refractivity contribution in [3.8, 4) is 0 Å². The van der Waals surface area contributed by atoms with Crippen LogP contribution < -0.4 is 0 Å². The summed E-state index contributed by atoms with van der Waals surface area (Å²) in [6.45, 7) is 2.19. The largest absolute Gasteiger partial charge is 0.465 e. The molecule has 0 aliphatic carbocycles. The summed E-state index contributed by atoms with van der Waals surface area (Å²) in [7, 11) is 0. The first kappa shape index (κ1) is 13.6. The van der Waals surface area contributed by atoms with Crippen LogP contribution in [0.25, 0.3) is 0 Å². The Morgan fingerprint density at radius 2 is 2.06 bits per heavy atom. The number of pyridine rings is 1. The first-order valence-corrected chi connectivity index (χ1v) is 6.58. The van der Waals surface area contributed by atoms with Gasteiger partial charge in [0.2, 0.25) is 0 Å². The monoisotopic (exact) mass is 279 g/mol. The summed E-state index contributed by atoms with van der Waals surface area (Å²) in [6.07, 6.45) is 0. The van der Waals surface area contributed by atoms with Crippen molar-refractivity contribution >= 4 is 40.9 Å². The lowest BCUT2D eigenvalue weighted by atomic mass is 10.3. The highest BCUT2D eigenvalue weighted by atomic mass is 35.5. The predicted octanol–water partition coefficient (Wildman–Crippen LogP) is 3.18. The molecule has 0 bridgehead atoms. The Morgan fingerprint density at radius 1 is 1.44 bits per heavy atom. The van der Waals surface area contributed by atoms with Gasteiger partial charge >= 0.3 is 5.97 Å². The van der Waals surface area contributed by atoms with Gasteiger partial charge in [0.25, 0.3) is 0 Å². The van der Waals surface area contributed by atoms with Gasteiger partial charge in [-0.15, -0.1) is 11.8 Å². The number of thioether (sulfide) groups is 1. The minimum atomic E-state index is -0.209. The number of halogens is 2. The van der Waals surface area contributed by atoms with Crippen molar-refractivity contribution in [2.24, 2.45) is 0 Å². The molecule has 0 saturated carbocycles. The maximum Gasteiger partial charge on any atom is 0.315 e. The summed E-state index contributed by atoms with van der Waals surface area (Å²) in [5.74, 6) is 0.769. The van der Waals surface area contributed by atoms with Gasteiger partial charge in [0.05, 0.1) is 12.4 Å². The molecular weight excluding hydrogens is 269 g/mol. The number of ether oxygens (including phenoxy) is 1. The maximum absolute atomic E-state index is 11.1. The molecule has 1 aromatic heterocycles. The molecule has 0 unspecified atom stereocenters. The van der Waals surface area contributed by atoms with Crippen molar-refractivity contribution in [2.45, 2.75) is 12.7 Å². The fraction of sp³-hybridized carbons (Fsp3) is 0.400. The number of carbonyl (C=O) groups excluding carboxylic acids is 1. The van der Waals surface area contributed by atoms with Crippen molar-refractivity contribution in [2.75, 3.05) is 12.4 Å². The molecule has 0 N–H and O–H groups in total. The van der Waals surface area contributed by atoms with Crippen LogP contribution in [-0.2, 0) is 15.3 Å². The van der Waals surface area contributed by atoms with E-state index in [2.05, 4.69) is 4.98 Å². The lowest BCUT2D eigenvalue weighted by Gasteiger charge is -2.03. The number of esters is 1. The SMILES string of the molecule is CCOC(=O)CSCc1cc(Cl)nc(Cl)c1. The molecule has 0 aliphatic heterocycles. The van der Waals surface area contributed by atoms with E-state index in [-0.39, 0.29) is 5.97 Å². The zero-order valence-electron chi connectivity index (χ0n) is 8.70. The normalized spacial score (nSPS) is 10.2. The molecule has 0 spiro atoms. The van der Waals surface area contributed by atoms with E-state index >= 15 is 0 Å². The van der Waals surface area contributed by atoms with Crippen LogP contribution in [-0.4, -0.2) is 23.3 Å². The maximum atomic E-state index is 11.1. The summed E-state index contributed by atoms with van der Waals surface area (Å²) in [5.41, 5.74) is 0.944. The molecule has 0 fully saturated rings. The minimum Gasteiger partial charge on any atom is -0.465 e. The smallest absolute Gasteiger partial charge is 0.315 e. The van der Waals surface area contributed by atoms with Gasteiger partial charge in [-0.2, -0.15) is 0 Å². The van der Waals surface area contributed by atoms with E-state index in [1.807, 2.05) is 0 Å². The molecular formula is C10H11Cl2NO2S. The second kappa shape index (κ2) is 6.99. The van der Waals surface area contributed by atoms with Gasteiger partial charge in [-0.05, 0) is 24.6 Å². The predicted molar refractivity (Wildman–Crippen MR) is 67.1 cm³/mol. The van der Waals surface area contributed by atoms with Crippen molar-refractivity contribution in [1.29, 1.82) is 0 Å². The molecule has 88 valence electrons. The summed E-state index contributed by atoms with van der Waals surface area (Å²) >= 11 is 12.9. The average molecular weight is 280 g/mol. The van der Waals surface area contributed by atoms with E-state index in [9.17, 15) is 4.79 Å². The zero-order valence-corrected chi connectivity index (χ0v) is 11.0. The molecule has 6 heteroatoms. The molecule has 3 nitrogen and oxygen atoms in total. The van der Waals surface area contributed by atoms with Crippen LogP contribution in [0.1, 0.15) is 12.5 Å². The summed E-state index contributed by atoms with van der Waals surface area (Å²) in [5, 5.41) is 0.721. The van der Waals surface area contributed by atoms with Gasteiger partial charge in [-0.1, -0.05) is 23.2 Å². The lowest BCUT2D eigenvalue weighted by molar-refractivity contribution is -0.139. The third kappa shape index (κ3) is 5.05. The minimum absolute atomic E-state index is 0.209. The summed E-state index contributed by atoms with van der Waals surface area (Å²) in [4.78, 5) is 14.9. The number of carbonyl (C=O) groups is 1. The van der Waals surface area contributed by atoms with Crippen LogP contribution >= 0.6 is 35.0 Å². The second-order valence-corrected chi connectivity index (χ2v) is 4.68. The first-order chi connectivity index (χ1) is 7.61. The average Bonchev–Trinajstić information content (AvgIpc) is 2.16. The van der Waals surface area contributed by atoms with Crippen LogP contribution in [0.2, 0.25) is 10.3 Å². The van der Waals surface area contributed by atoms with Crippen molar-refractivity contribution in [3.05, 3.63) is 28.0 Å². The highest BCUT2D eigenvalue weighted by Gasteiger charge is 2.04. The fourth-order valence-corrected chi connectivity index (χ4v) is 2.31. The summed E-state index contributed by atoms with van der Waals surface area (Å²) in [6, 6.07) is 3.46. The van der Waals surface area contributed by atoms with Crippen LogP contribution in [0, 0.1) is 0 Å². The molecule has 1 rings (SSSR count). The topological polar surface area (TPSA) is 39.2 Å². The highest BCUT2D eigenvalue weighted by molar-refractivity contribution is 7.99. The van der Waals surface area contributed by atoms with Crippen LogP contribution in [0.4, 0.5) is 0 Å². The number of rotatable bonds is 5. The summed E-state index contributed by atoms with van der Waals surface area (Å²) < 4.78 is 4.80. The molecule has 1 aromatic rings. The molecule has 0 saturated heterocycles. The van der Waals surface area contributed by atoms with Gasteiger partial charge in [-0.3, -0.25) is 4.79 Å². The van der Waals surface area contributed by atoms with Crippen molar-refractivity contribution in [3.63, 3.8) is 0 Å². The van der Waals surface area contributed by atoms with Crippen molar-refractivity contribution < 1.29 is 9.53 Å². The van der Waals surface area contributed by atoms with E-state index in [0.717, 1.165) is 5.56 Å². The number of nitrogens with zero attached hydrogens (tertiary/aromatic N) is 1. The van der Waals surface area contributed by atoms with Crippen LogP contribution in [0.15, 0.2) is 12.1 Å². The molecule has 0 atom stereocenters. The van der Waals surface area contributed by atoms with E-state index in [1.54, 1.807) is 19.1 Å². The van der Waals surface area contributed by atoms with E-state index in [4.69, 9.17) is 27.9 Å². The Kier molecular flexibility index (Phi) is 5.95. The number of aromatic nitrogens is 1. The van der Waals surface area contributed by atoms with Gasteiger partial charge in [0.15, 0.2) is 0 Å². The van der Waals surface area contributed by atoms with Crippen LogP contribution in [0.3, 0.4) is 0 Å². The third-order valence-corrected chi connectivity index (χ3v) is 2.98. The van der Waals surface area contributed by atoms with Crippen molar-refractivity contribution in [1.82, 2.24) is 4.98 Å². The zero-order chi connectivity index (χ0) is 12.0.